The lowest BCUT2D eigenvalue weighted by Gasteiger charge is -2.32. The first-order valence-electron chi connectivity index (χ1n) is 4.69. The third-order valence-electron chi connectivity index (χ3n) is 2.31. The summed E-state index contributed by atoms with van der Waals surface area (Å²) < 4.78 is 4.94. The van der Waals surface area contributed by atoms with E-state index in [1.807, 2.05) is 11.8 Å². The second kappa shape index (κ2) is 4.33. The summed E-state index contributed by atoms with van der Waals surface area (Å²) in [7, 11) is 0. The number of amides is 1. The zero-order chi connectivity index (χ0) is 8.97. The fourth-order valence-corrected chi connectivity index (χ4v) is 1.58. The van der Waals surface area contributed by atoms with Gasteiger partial charge in [-0.05, 0) is 33.1 Å². The van der Waals surface area contributed by atoms with Gasteiger partial charge in [0.2, 0.25) is 0 Å². The van der Waals surface area contributed by atoms with Gasteiger partial charge >= 0.3 is 6.09 Å². The highest BCUT2D eigenvalue weighted by Gasteiger charge is 2.23. The lowest BCUT2D eigenvalue weighted by Crippen LogP contribution is -2.42. The van der Waals surface area contributed by atoms with Gasteiger partial charge in [-0.3, -0.25) is 0 Å². The van der Waals surface area contributed by atoms with Gasteiger partial charge in [0, 0.05) is 12.6 Å². The summed E-state index contributed by atoms with van der Waals surface area (Å²) in [6.45, 7) is 5.25. The lowest BCUT2D eigenvalue weighted by atomic mass is 10.0. The molecule has 1 aliphatic rings. The minimum atomic E-state index is -0.148. The molecular formula is C9H17NO2. The van der Waals surface area contributed by atoms with Crippen LogP contribution in [0.3, 0.4) is 0 Å². The molecule has 1 fully saturated rings. The lowest BCUT2D eigenvalue weighted by molar-refractivity contribution is 0.0812. The number of nitrogens with zero attached hydrogens (tertiary/aromatic N) is 1. The number of hydrogen-bond donors (Lipinski definition) is 0. The number of carbonyl (C=O) groups is 1. The standard InChI is InChI=1S/C9H17NO2/c1-3-12-9(11)10-7-5-4-6-8(10)2/h8H,3-7H2,1-2H3/t8-/m0/s1. The van der Waals surface area contributed by atoms with Gasteiger partial charge in [0.1, 0.15) is 0 Å². The van der Waals surface area contributed by atoms with Crippen molar-refractivity contribution < 1.29 is 9.53 Å². The fourth-order valence-electron chi connectivity index (χ4n) is 1.58. The number of ether oxygens (including phenoxy) is 1. The Kier molecular flexibility index (Phi) is 3.38. The molecule has 1 heterocycles. The molecule has 0 aromatic heterocycles. The van der Waals surface area contributed by atoms with Crippen LogP contribution in [0.5, 0.6) is 0 Å². The van der Waals surface area contributed by atoms with Crippen molar-refractivity contribution in [3.05, 3.63) is 0 Å². The van der Waals surface area contributed by atoms with Crippen LogP contribution in [-0.4, -0.2) is 30.2 Å². The van der Waals surface area contributed by atoms with E-state index < -0.39 is 0 Å². The molecule has 0 radical (unpaired) electrons. The van der Waals surface area contributed by atoms with Crippen molar-refractivity contribution in [2.24, 2.45) is 0 Å². The van der Waals surface area contributed by atoms with Crippen LogP contribution in [0.4, 0.5) is 4.79 Å². The van der Waals surface area contributed by atoms with E-state index in [-0.39, 0.29) is 6.09 Å². The van der Waals surface area contributed by atoms with Gasteiger partial charge in [-0.2, -0.15) is 0 Å². The van der Waals surface area contributed by atoms with E-state index in [0.717, 1.165) is 19.4 Å². The molecule has 0 N–H and O–H groups in total. The molecular weight excluding hydrogens is 154 g/mol. The Morgan fingerprint density at radius 2 is 2.33 bits per heavy atom. The van der Waals surface area contributed by atoms with Gasteiger partial charge in [-0.25, -0.2) is 4.79 Å². The van der Waals surface area contributed by atoms with E-state index in [9.17, 15) is 4.79 Å². The molecule has 0 saturated carbocycles. The molecule has 0 unspecified atom stereocenters. The summed E-state index contributed by atoms with van der Waals surface area (Å²) >= 11 is 0. The van der Waals surface area contributed by atoms with E-state index in [4.69, 9.17) is 4.74 Å². The van der Waals surface area contributed by atoms with Crippen LogP contribution in [0.25, 0.3) is 0 Å². The van der Waals surface area contributed by atoms with Crippen molar-refractivity contribution in [3.63, 3.8) is 0 Å². The van der Waals surface area contributed by atoms with Crippen LogP contribution >= 0.6 is 0 Å². The van der Waals surface area contributed by atoms with Gasteiger partial charge in [-0.15, -0.1) is 0 Å². The Bertz CT molecular complexity index is 159. The molecule has 1 amide bonds. The van der Waals surface area contributed by atoms with Gasteiger partial charge in [0.15, 0.2) is 0 Å². The van der Waals surface area contributed by atoms with Crippen molar-refractivity contribution in [2.75, 3.05) is 13.2 Å². The number of carbonyl (C=O) groups excluding carboxylic acids is 1. The van der Waals surface area contributed by atoms with Gasteiger partial charge < -0.3 is 9.64 Å². The summed E-state index contributed by atoms with van der Waals surface area (Å²) in [6, 6.07) is 0.359. The SMILES string of the molecule is CCOC(=O)N1CCCC[C@@H]1C. The Hall–Kier alpha value is -0.730. The topological polar surface area (TPSA) is 29.5 Å². The summed E-state index contributed by atoms with van der Waals surface area (Å²) in [6.07, 6.45) is 3.31. The average molecular weight is 171 g/mol. The van der Waals surface area contributed by atoms with Crippen LogP contribution in [0.2, 0.25) is 0 Å². The maximum Gasteiger partial charge on any atom is 0.409 e. The predicted molar refractivity (Wildman–Crippen MR) is 47.0 cm³/mol. The summed E-state index contributed by atoms with van der Waals surface area (Å²) in [5.74, 6) is 0. The second-order valence-electron chi connectivity index (χ2n) is 3.24. The van der Waals surface area contributed by atoms with E-state index in [0.29, 0.717) is 12.6 Å². The summed E-state index contributed by atoms with van der Waals surface area (Å²) in [5, 5.41) is 0. The molecule has 1 saturated heterocycles. The van der Waals surface area contributed by atoms with E-state index in [1.165, 1.54) is 6.42 Å². The number of piperidine rings is 1. The Morgan fingerprint density at radius 1 is 1.58 bits per heavy atom. The average Bonchev–Trinajstić information content (AvgIpc) is 2.05. The van der Waals surface area contributed by atoms with Crippen LogP contribution in [-0.2, 0) is 4.74 Å². The maximum absolute atomic E-state index is 11.3. The number of likely N-dealkylation sites (tertiary alicyclic amines) is 1. The molecule has 12 heavy (non-hydrogen) atoms. The normalized spacial score (nSPS) is 23.8. The van der Waals surface area contributed by atoms with Crippen molar-refractivity contribution in [1.29, 1.82) is 0 Å². The Labute approximate surface area is 73.7 Å². The van der Waals surface area contributed by atoms with Crippen LogP contribution in [0.1, 0.15) is 33.1 Å². The minimum absolute atomic E-state index is 0.148. The Morgan fingerprint density at radius 3 is 2.92 bits per heavy atom. The van der Waals surface area contributed by atoms with E-state index in [2.05, 4.69) is 6.92 Å². The molecule has 0 aromatic carbocycles. The maximum atomic E-state index is 11.3. The van der Waals surface area contributed by atoms with E-state index >= 15 is 0 Å². The minimum Gasteiger partial charge on any atom is -0.450 e. The molecule has 3 nitrogen and oxygen atoms in total. The fraction of sp³-hybridized carbons (Fsp3) is 0.889. The van der Waals surface area contributed by atoms with Crippen molar-refractivity contribution in [1.82, 2.24) is 4.90 Å². The largest absolute Gasteiger partial charge is 0.450 e. The summed E-state index contributed by atoms with van der Waals surface area (Å²) in [4.78, 5) is 13.1. The van der Waals surface area contributed by atoms with Crippen LogP contribution in [0, 0.1) is 0 Å². The van der Waals surface area contributed by atoms with E-state index in [1.54, 1.807) is 0 Å². The van der Waals surface area contributed by atoms with Crippen molar-refractivity contribution >= 4 is 6.09 Å². The van der Waals surface area contributed by atoms with Gasteiger partial charge in [0.05, 0.1) is 6.61 Å². The van der Waals surface area contributed by atoms with Crippen LogP contribution < -0.4 is 0 Å². The molecule has 70 valence electrons. The first-order valence-corrected chi connectivity index (χ1v) is 4.69. The Balaban J connectivity index is 2.42. The van der Waals surface area contributed by atoms with Crippen LogP contribution in [0.15, 0.2) is 0 Å². The zero-order valence-corrected chi connectivity index (χ0v) is 7.88. The second-order valence-corrected chi connectivity index (χ2v) is 3.24. The molecule has 0 aliphatic carbocycles. The highest BCUT2D eigenvalue weighted by atomic mass is 16.6. The monoisotopic (exact) mass is 171 g/mol. The molecule has 1 atom stereocenters. The third-order valence-corrected chi connectivity index (χ3v) is 2.31. The molecule has 0 spiro atoms. The predicted octanol–water partition coefficient (Wildman–Crippen LogP) is 2.02. The van der Waals surface area contributed by atoms with Gasteiger partial charge in [0.25, 0.3) is 0 Å². The first kappa shape index (κ1) is 9.36. The summed E-state index contributed by atoms with van der Waals surface area (Å²) in [5.41, 5.74) is 0. The van der Waals surface area contributed by atoms with Gasteiger partial charge in [-0.1, -0.05) is 0 Å². The van der Waals surface area contributed by atoms with Crippen molar-refractivity contribution in [3.8, 4) is 0 Å². The third kappa shape index (κ3) is 2.13. The highest BCUT2D eigenvalue weighted by molar-refractivity contribution is 5.68. The smallest absolute Gasteiger partial charge is 0.409 e. The zero-order valence-electron chi connectivity index (χ0n) is 7.88. The molecule has 0 aromatic rings. The van der Waals surface area contributed by atoms with Crippen molar-refractivity contribution in [2.45, 2.75) is 39.2 Å². The molecule has 1 aliphatic heterocycles. The number of hydrogen-bond acceptors (Lipinski definition) is 2. The highest BCUT2D eigenvalue weighted by Crippen LogP contribution is 2.16. The quantitative estimate of drug-likeness (QED) is 0.604. The molecule has 0 bridgehead atoms. The number of rotatable bonds is 1. The first-order chi connectivity index (χ1) is 5.75. The molecule has 1 rings (SSSR count). The molecule has 3 heteroatoms.